The van der Waals surface area contributed by atoms with Crippen LogP contribution in [0.1, 0.15) is 11.1 Å². The standard InChI is InChI=1S/C8H6AsF3/c9-5-6-2-1-3-7(4-6)8(10,11)12/h1-4H,5H2. The van der Waals surface area contributed by atoms with Crippen LogP contribution in [0.25, 0.3) is 0 Å². The van der Waals surface area contributed by atoms with Crippen LogP contribution in [0.3, 0.4) is 0 Å². The van der Waals surface area contributed by atoms with Crippen LogP contribution >= 0.6 is 0 Å². The van der Waals surface area contributed by atoms with Crippen LogP contribution < -0.4 is 0 Å². The molecule has 0 bridgehead atoms. The van der Waals surface area contributed by atoms with Crippen molar-refractivity contribution in [1.82, 2.24) is 0 Å². The second kappa shape index (κ2) is 3.52. The normalized spacial score (nSPS) is 11.7. The molecule has 0 aliphatic heterocycles. The Labute approximate surface area is 77.3 Å². The molecule has 0 aliphatic rings. The van der Waals surface area contributed by atoms with Gasteiger partial charge in [-0.25, -0.2) is 0 Å². The van der Waals surface area contributed by atoms with Gasteiger partial charge in [-0.3, -0.25) is 0 Å². The average molecular weight is 234 g/mol. The molecule has 0 spiro atoms. The summed E-state index contributed by atoms with van der Waals surface area (Å²) in [6.45, 7) is 0. The van der Waals surface area contributed by atoms with E-state index in [0.29, 0.717) is 10.8 Å². The van der Waals surface area contributed by atoms with Crippen LogP contribution in [0, 0.1) is 0 Å². The molecule has 12 heavy (non-hydrogen) atoms. The van der Waals surface area contributed by atoms with Crippen LogP contribution in [-0.4, -0.2) is 16.9 Å². The van der Waals surface area contributed by atoms with Crippen molar-refractivity contribution in [3.63, 3.8) is 0 Å². The molecule has 1 rings (SSSR count). The average Bonchev–Trinajstić information content (AvgIpc) is 2.03. The quantitative estimate of drug-likeness (QED) is 0.654. The van der Waals surface area contributed by atoms with Crippen molar-refractivity contribution in [2.75, 3.05) is 0 Å². The molecule has 1 aromatic carbocycles. The van der Waals surface area contributed by atoms with Crippen molar-refractivity contribution < 1.29 is 13.2 Å². The molecule has 64 valence electrons. The molecule has 2 radical (unpaired) electrons. The number of benzene rings is 1. The van der Waals surface area contributed by atoms with E-state index < -0.39 is 11.7 Å². The molecule has 0 unspecified atom stereocenters. The van der Waals surface area contributed by atoms with Gasteiger partial charge in [0.1, 0.15) is 0 Å². The fraction of sp³-hybridized carbons (Fsp3) is 0.250. The maximum atomic E-state index is 12.1. The molecule has 1 aromatic rings. The Kier molecular flexibility index (Phi) is 2.84. The van der Waals surface area contributed by atoms with Crippen LogP contribution in [0.2, 0.25) is 0 Å². The summed E-state index contributed by atoms with van der Waals surface area (Å²) in [5.74, 6) is 0. The zero-order chi connectivity index (χ0) is 9.19. The molecule has 4 heteroatoms. The molecule has 0 aromatic heterocycles. The van der Waals surface area contributed by atoms with Gasteiger partial charge in [0.05, 0.1) is 0 Å². The molecule has 0 aliphatic carbocycles. The first-order chi connectivity index (χ1) is 5.54. The van der Waals surface area contributed by atoms with Gasteiger partial charge in [-0.1, -0.05) is 0 Å². The molecule has 0 saturated heterocycles. The number of halogens is 3. The fourth-order valence-electron chi connectivity index (χ4n) is 0.846. The number of hydrogen-bond donors (Lipinski definition) is 0. The van der Waals surface area contributed by atoms with Crippen molar-refractivity contribution in [1.29, 1.82) is 0 Å². The third-order valence-corrected chi connectivity index (χ3v) is 2.20. The number of hydrogen-bond acceptors (Lipinski definition) is 0. The minimum atomic E-state index is -4.22. The molecule has 0 heterocycles. The van der Waals surface area contributed by atoms with Gasteiger partial charge in [0.2, 0.25) is 0 Å². The summed E-state index contributed by atoms with van der Waals surface area (Å²) >= 11 is 2.25. The molecule has 0 N–H and O–H groups in total. The van der Waals surface area contributed by atoms with E-state index in [2.05, 4.69) is 16.9 Å². The third-order valence-electron chi connectivity index (χ3n) is 1.44. The van der Waals surface area contributed by atoms with E-state index in [1.807, 2.05) is 0 Å². The predicted octanol–water partition coefficient (Wildman–Crippen LogP) is 2.37. The minimum absolute atomic E-state index is 0.566. The van der Waals surface area contributed by atoms with Crippen molar-refractivity contribution in [2.45, 2.75) is 11.4 Å². The van der Waals surface area contributed by atoms with E-state index in [9.17, 15) is 13.2 Å². The molecule has 0 nitrogen and oxygen atoms in total. The van der Waals surface area contributed by atoms with Gasteiger partial charge in [-0.05, 0) is 0 Å². The van der Waals surface area contributed by atoms with Crippen molar-refractivity contribution in [3.05, 3.63) is 35.4 Å². The first-order valence-corrected chi connectivity index (χ1v) is 4.64. The van der Waals surface area contributed by atoms with E-state index in [0.717, 1.165) is 12.1 Å². The molecule has 0 atom stereocenters. The second-order valence-electron chi connectivity index (χ2n) is 2.36. The summed E-state index contributed by atoms with van der Waals surface area (Å²) in [6, 6.07) is 5.34. The van der Waals surface area contributed by atoms with E-state index in [1.165, 1.54) is 6.07 Å². The summed E-state index contributed by atoms with van der Waals surface area (Å²) in [7, 11) is 0. The fourth-order valence-corrected chi connectivity index (χ4v) is 1.26. The van der Waals surface area contributed by atoms with Crippen molar-refractivity contribution in [2.24, 2.45) is 0 Å². The van der Waals surface area contributed by atoms with Crippen LogP contribution in [-0.2, 0) is 11.4 Å². The van der Waals surface area contributed by atoms with E-state index >= 15 is 0 Å². The predicted molar refractivity (Wildman–Crippen MR) is 40.9 cm³/mol. The van der Waals surface area contributed by atoms with Crippen LogP contribution in [0.4, 0.5) is 13.2 Å². The molecular formula is C8H6AsF3. The Hall–Kier alpha value is -0.432. The SMILES string of the molecule is FC(F)(F)c1cccc(C[As])c1. The molecular weight excluding hydrogens is 228 g/mol. The van der Waals surface area contributed by atoms with Gasteiger partial charge in [0.15, 0.2) is 0 Å². The molecule has 0 fully saturated rings. The van der Waals surface area contributed by atoms with Gasteiger partial charge in [0.25, 0.3) is 0 Å². The monoisotopic (exact) mass is 234 g/mol. The number of alkyl halides is 3. The number of rotatable bonds is 1. The van der Waals surface area contributed by atoms with Gasteiger partial charge in [0, 0.05) is 0 Å². The summed E-state index contributed by atoms with van der Waals surface area (Å²) < 4.78 is 36.3. The van der Waals surface area contributed by atoms with Gasteiger partial charge in [-0.15, -0.1) is 0 Å². The van der Waals surface area contributed by atoms with Gasteiger partial charge in [-0.2, -0.15) is 0 Å². The Morgan fingerprint density at radius 1 is 1.25 bits per heavy atom. The zero-order valence-corrected chi connectivity index (χ0v) is 7.97. The summed E-state index contributed by atoms with van der Waals surface area (Å²) in [5.41, 5.74) is 0.107. The second-order valence-corrected chi connectivity index (χ2v) is 3.02. The Morgan fingerprint density at radius 2 is 1.92 bits per heavy atom. The van der Waals surface area contributed by atoms with Crippen LogP contribution in [0.5, 0.6) is 0 Å². The summed E-state index contributed by atoms with van der Waals surface area (Å²) in [4.78, 5) is 0. The molecule has 0 amide bonds. The summed E-state index contributed by atoms with van der Waals surface area (Å²) in [6.07, 6.45) is -4.22. The summed E-state index contributed by atoms with van der Waals surface area (Å²) in [5, 5.41) is 0.566. The third kappa shape index (κ3) is 2.28. The van der Waals surface area contributed by atoms with E-state index in [-0.39, 0.29) is 0 Å². The zero-order valence-electron chi connectivity index (χ0n) is 6.10. The Bertz CT molecular complexity index is 267. The maximum absolute atomic E-state index is 12.1. The van der Waals surface area contributed by atoms with E-state index in [4.69, 9.17) is 0 Å². The Balaban J connectivity index is 3.02. The van der Waals surface area contributed by atoms with Crippen molar-refractivity contribution >= 4 is 16.9 Å². The van der Waals surface area contributed by atoms with Gasteiger partial charge < -0.3 is 0 Å². The topological polar surface area (TPSA) is 0 Å². The van der Waals surface area contributed by atoms with Crippen LogP contribution in [0.15, 0.2) is 24.3 Å². The first kappa shape index (κ1) is 9.65. The Morgan fingerprint density at radius 3 is 2.42 bits per heavy atom. The van der Waals surface area contributed by atoms with Crippen molar-refractivity contribution in [3.8, 4) is 0 Å². The van der Waals surface area contributed by atoms with Gasteiger partial charge >= 0.3 is 76.8 Å². The van der Waals surface area contributed by atoms with E-state index in [1.54, 1.807) is 6.07 Å². The molecule has 0 saturated carbocycles. The first-order valence-electron chi connectivity index (χ1n) is 3.31.